The summed E-state index contributed by atoms with van der Waals surface area (Å²) in [5.74, 6) is 0. The van der Waals surface area contributed by atoms with Gasteiger partial charge >= 0.3 is 6.09 Å². The lowest BCUT2D eigenvalue weighted by atomic mass is 10.1. The molecule has 0 spiro atoms. The highest BCUT2D eigenvalue weighted by molar-refractivity contribution is 6.33. The van der Waals surface area contributed by atoms with Crippen LogP contribution in [0.4, 0.5) is 4.79 Å². The molecule has 1 aromatic heterocycles. The first-order valence-corrected chi connectivity index (χ1v) is 6.70. The normalized spacial score (nSPS) is 11.4. The van der Waals surface area contributed by atoms with Crippen molar-refractivity contribution in [2.45, 2.75) is 33.3 Å². The van der Waals surface area contributed by atoms with Crippen LogP contribution in [0, 0.1) is 6.92 Å². The van der Waals surface area contributed by atoms with Gasteiger partial charge in [0.1, 0.15) is 5.60 Å². The molecule has 2 rings (SSSR count). The number of aryl methyl sites for hydroxylation is 1. The monoisotopic (exact) mass is 292 g/mol. The summed E-state index contributed by atoms with van der Waals surface area (Å²) < 4.78 is 6.57. The number of nitrogens with zero attached hydrogens (tertiary/aromatic N) is 2. The third-order valence-electron chi connectivity index (χ3n) is 2.60. The molecule has 0 saturated carbocycles. The summed E-state index contributed by atoms with van der Waals surface area (Å²) in [4.78, 5) is 12.1. The van der Waals surface area contributed by atoms with Crippen LogP contribution in [-0.4, -0.2) is 21.5 Å². The van der Waals surface area contributed by atoms with Crippen molar-refractivity contribution in [1.29, 1.82) is 0 Å². The van der Waals surface area contributed by atoms with Crippen LogP contribution in [0.1, 0.15) is 26.5 Å². The maximum Gasteiger partial charge on any atom is 0.435 e. The first kappa shape index (κ1) is 14.6. The van der Waals surface area contributed by atoms with Crippen LogP contribution in [0.25, 0.3) is 11.3 Å². The maximum absolute atomic E-state index is 12.1. The Kier molecular flexibility index (Phi) is 3.86. The molecule has 0 amide bonds. The molecular formula is C15H17ClN2O2. The number of ether oxygens (including phenoxy) is 1. The number of hydrogen-bond acceptors (Lipinski definition) is 3. The van der Waals surface area contributed by atoms with E-state index in [2.05, 4.69) is 5.10 Å². The van der Waals surface area contributed by atoms with E-state index in [1.807, 2.05) is 45.0 Å². The van der Waals surface area contributed by atoms with E-state index in [9.17, 15) is 4.79 Å². The van der Waals surface area contributed by atoms with Crippen LogP contribution in [0.15, 0.2) is 30.3 Å². The zero-order valence-corrected chi connectivity index (χ0v) is 12.7. The van der Waals surface area contributed by atoms with Gasteiger partial charge in [0.25, 0.3) is 0 Å². The van der Waals surface area contributed by atoms with Crippen molar-refractivity contribution in [2.24, 2.45) is 0 Å². The maximum atomic E-state index is 12.1. The average molecular weight is 293 g/mol. The third kappa shape index (κ3) is 3.20. The molecule has 0 fully saturated rings. The fourth-order valence-electron chi connectivity index (χ4n) is 1.77. The van der Waals surface area contributed by atoms with Gasteiger partial charge in [0.2, 0.25) is 0 Å². The molecule has 1 heterocycles. The van der Waals surface area contributed by atoms with Gasteiger partial charge in [-0.2, -0.15) is 9.78 Å². The molecule has 0 aliphatic carbocycles. The van der Waals surface area contributed by atoms with Crippen LogP contribution < -0.4 is 0 Å². The number of rotatable bonds is 1. The zero-order valence-electron chi connectivity index (χ0n) is 12.0. The molecule has 1 aromatic carbocycles. The Labute approximate surface area is 123 Å². The fourth-order valence-corrected chi connectivity index (χ4v) is 2.00. The van der Waals surface area contributed by atoms with Gasteiger partial charge in [0.05, 0.1) is 10.7 Å². The third-order valence-corrected chi connectivity index (χ3v) is 2.93. The largest absolute Gasteiger partial charge is 0.442 e. The van der Waals surface area contributed by atoms with E-state index >= 15 is 0 Å². The molecule has 0 aliphatic heterocycles. The number of carbonyl (C=O) groups excluding carboxylic acids is 1. The SMILES string of the molecule is Cc1cc(-c2ccccc2Cl)nn1C(=O)OC(C)(C)C. The van der Waals surface area contributed by atoms with Crippen molar-refractivity contribution in [3.05, 3.63) is 41.0 Å². The predicted octanol–water partition coefficient (Wildman–Crippen LogP) is 4.30. The lowest BCUT2D eigenvalue weighted by molar-refractivity contribution is 0.0511. The molecule has 4 nitrogen and oxygen atoms in total. The standard InChI is InChI=1S/C15H17ClN2O2/c1-10-9-13(11-7-5-6-8-12(11)16)17-18(10)14(19)20-15(2,3)4/h5-9H,1-4H3. The second-order valence-electron chi connectivity index (χ2n) is 5.54. The van der Waals surface area contributed by atoms with E-state index < -0.39 is 11.7 Å². The molecule has 2 aromatic rings. The van der Waals surface area contributed by atoms with Gasteiger partial charge in [-0.05, 0) is 39.8 Å². The molecule has 0 bridgehead atoms. The minimum absolute atomic E-state index is 0.492. The van der Waals surface area contributed by atoms with Crippen molar-refractivity contribution >= 4 is 17.7 Å². The molecule has 5 heteroatoms. The van der Waals surface area contributed by atoms with Crippen LogP contribution in [0.5, 0.6) is 0 Å². The topological polar surface area (TPSA) is 44.1 Å². The van der Waals surface area contributed by atoms with Crippen LogP contribution in [0.3, 0.4) is 0 Å². The molecule has 0 N–H and O–H groups in total. The summed E-state index contributed by atoms with van der Waals surface area (Å²) in [6.07, 6.45) is -0.492. The predicted molar refractivity (Wildman–Crippen MR) is 79.0 cm³/mol. The van der Waals surface area contributed by atoms with Crippen molar-refractivity contribution in [1.82, 2.24) is 9.78 Å². The molecule has 106 valence electrons. The lowest BCUT2D eigenvalue weighted by Gasteiger charge is -2.19. The van der Waals surface area contributed by atoms with Crippen molar-refractivity contribution < 1.29 is 9.53 Å². The second-order valence-corrected chi connectivity index (χ2v) is 5.95. The highest BCUT2D eigenvalue weighted by Crippen LogP contribution is 2.27. The number of benzene rings is 1. The number of hydrogen-bond donors (Lipinski definition) is 0. The number of aromatic nitrogens is 2. The Hall–Kier alpha value is -1.81. The molecule has 0 aliphatic rings. The van der Waals surface area contributed by atoms with Crippen LogP contribution in [-0.2, 0) is 4.74 Å². The van der Waals surface area contributed by atoms with Gasteiger partial charge in [-0.15, -0.1) is 0 Å². The number of carbonyl (C=O) groups is 1. The quantitative estimate of drug-likeness (QED) is 0.787. The Morgan fingerprint density at radius 1 is 1.30 bits per heavy atom. The minimum Gasteiger partial charge on any atom is -0.442 e. The molecule has 0 atom stereocenters. The lowest BCUT2D eigenvalue weighted by Crippen LogP contribution is -2.28. The van der Waals surface area contributed by atoms with Gasteiger partial charge in [0.15, 0.2) is 0 Å². The van der Waals surface area contributed by atoms with E-state index in [1.165, 1.54) is 4.68 Å². The number of halogens is 1. The average Bonchev–Trinajstić information content (AvgIpc) is 2.69. The van der Waals surface area contributed by atoms with Crippen molar-refractivity contribution in [3.63, 3.8) is 0 Å². The Balaban J connectivity index is 2.36. The highest BCUT2D eigenvalue weighted by Gasteiger charge is 2.21. The van der Waals surface area contributed by atoms with Gasteiger partial charge in [-0.1, -0.05) is 29.8 Å². The molecule has 20 heavy (non-hydrogen) atoms. The summed E-state index contributed by atoms with van der Waals surface area (Å²) in [5.41, 5.74) is 1.59. The summed E-state index contributed by atoms with van der Waals surface area (Å²) in [6.45, 7) is 7.26. The second kappa shape index (κ2) is 5.29. The van der Waals surface area contributed by atoms with E-state index in [1.54, 1.807) is 13.0 Å². The summed E-state index contributed by atoms with van der Waals surface area (Å²) in [7, 11) is 0. The Bertz CT molecular complexity index is 642. The van der Waals surface area contributed by atoms with Crippen LogP contribution in [0.2, 0.25) is 5.02 Å². The summed E-state index contributed by atoms with van der Waals surface area (Å²) in [6, 6.07) is 9.19. The van der Waals surface area contributed by atoms with Crippen molar-refractivity contribution in [3.8, 4) is 11.3 Å². The molecule has 0 radical (unpaired) electrons. The first-order chi connectivity index (χ1) is 9.28. The highest BCUT2D eigenvalue weighted by atomic mass is 35.5. The smallest absolute Gasteiger partial charge is 0.435 e. The Morgan fingerprint density at radius 3 is 2.55 bits per heavy atom. The zero-order chi connectivity index (χ0) is 14.9. The van der Waals surface area contributed by atoms with E-state index in [-0.39, 0.29) is 0 Å². The Morgan fingerprint density at radius 2 is 1.95 bits per heavy atom. The summed E-state index contributed by atoms with van der Waals surface area (Å²) in [5, 5.41) is 4.88. The first-order valence-electron chi connectivity index (χ1n) is 6.33. The van der Waals surface area contributed by atoms with Gasteiger partial charge in [-0.3, -0.25) is 0 Å². The van der Waals surface area contributed by atoms with Gasteiger partial charge < -0.3 is 4.74 Å². The van der Waals surface area contributed by atoms with E-state index in [0.717, 1.165) is 5.56 Å². The van der Waals surface area contributed by atoms with Crippen molar-refractivity contribution in [2.75, 3.05) is 0 Å². The molecular weight excluding hydrogens is 276 g/mol. The van der Waals surface area contributed by atoms with Gasteiger partial charge in [-0.25, -0.2) is 4.79 Å². The fraction of sp³-hybridized carbons (Fsp3) is 0.333. The molecule has 0 saturated heterocycles. The van der Waals surface area contributed by atoms with E-state index in [0.29, 0.717) is 16.4 Å². The van der Waals surface area contributed by atoms with E-state index in [4.69, 9.17) is 16.3 Å². The summed E-state index contributed by atoms with van der Waals surface area (Å²) >= 11 is 6.14. The minimum atomic E-state index is -0.556. The molecule has 0 unspecified atom stereocenters. The van der Waals surface area contributed by atoms with Crippen LogP contribution >= 0.6 is 11.6 Å². The van der Waals surface area contributed by atoms with Gasteiger partial charge in [0, 0.05) is 11.3 Å².